The molecule has 5 atom stereocenters. The number of carbonyl (C=O) groups excluding carboxylic acids is 2. The lowest BCUT2D eigenvalue weighted by Gasteiger charge is -2.61. The Kier molecular flexibility index (Phi) is 3.85. The fourth-order valence-corrected chi connectivity index (χ4v) is 6.13. The van der Waals surface area contributed by atoms with Crippen molar-refractivity contribution in [3.63, 3.8) is 0 Å². The molecule has 25 heavy (non-hydrogen) atoms. The van der Waals surface area contributed by atoms with Crippen molar-refractivity contribution in [2.24, 2.45) is 17.3 Å². The molecule has 5 rings (SSSR count). The zero-order valence-corrected chi connectivity index (χ0v) is 15.0. The van der Waals surface area contributed by atoms with Crippen LogP contribution in [0.3, 0.4) is 0 Å². The molecule has 4 bridgehead atoms. The maximum Gasteiger partial charge on any atom is 0.226 e. The average Bonchev–Trinajstić information content (AvgIpc) is 2.53. The van der Waals surface area contributed by atoms with Gasteiger partial charge < -0.3 is 10.6 Å². The average molecular weight is 341 g/mol. The second kappa shape index (κ2) is 5.82. The van der Waals surface area contributed by atoms with E-state index in [1.807, 2.05) is 19.1 Å². The molecule has 5 nitrogen and oxygen atoms in total. The van der Waals surface area contributed by atoms with Crippen molar-refractivity contribution in [2.45, 2.75) is 64.0 Å². The maximum atomic E-state index is 13.3. The summed E-state index contributed by atoms with van der Waals surface area (Å²) in [6, 6.07) is 3.87. The van der Waals surface area contributed by atoms with E-state index in [4.69, 9.17) is 0 Å². The molecular formula is C20H27N3O2. The quantitative estimate of drug-likeness (QED) is 0.884. The van der Waals surface area contributed by atoms with Crippen molar-refractivity contribution in [2.75, 3.05) is 0 Å². The monoisotopic (exact) mass is 341 g/mol. The van der Waals surface area contributed by atoms with Gasteiger partial charge in [-0.1, -0.05) is 0 Å². The van der Waals surface area contributed by atoms with Gasteiger partial charge in [0.1, 0.15) is 0 Å². The van der Waals surface area contributed by atoms with Gasteiger partial charge in [0.2, 0.25) is 11.8 Å². The summed E-state index contributed by atoms with van der Waals surface area (Å²) in [5, 5.41) is 6.47. The van der Waals surface area contributed by atoms with Gasteiger partial charge in [-0.15, -0.1) is 0 Å². The molecular weight excluding hydrogens is 314 g/mol. The second-order valence-corrected chi connectivity index (χ2v) is 8.68. The van der Waals surface area contributed by atoms with Gasteiger partial charge in [0.25, 0.3) is 0 Å². The van der Waals surface area contributed by atoms with Crippen molar-refractivity contribution >= 4 is 11.8 Å². The molecule has 0 aromatic carbocycles. The van der Waals surface area contributed by atoms with Crippen molar-refractivity contribution in [3.05, 3.63) is 30.1 Å². The van der Waals surface area contributed by atoms with Gasteiger partial charge in [0.05, 0.1) is 11.5 Å². The number of amides is 2. The van der Waals surface area contributed by atoms with Gasteiger partial charge in [0.15, 0.2) is 0 Å². The van der Waals surface area contributed by atoms with E-state index < -0.39 is 0 Å². The first kappa shape index (κ1) is 16.6. The number of aromatic nitrogens is 1. The molecule has 4 fully saturated rings. The molecule has 4 saturated carbocycles. The van der Waals surface area contributed by atoms with Crippen LogP contribution in [0.1, 0.15) is 64.0 Å². The SMILES string of the molecule is CC(=O)NC12C[C@H]3C[C@@H](C1)CC(C(=O)N[C@H](C)c1ccncc1)(C3)C2. The molecule has 2 amide bonds. The summed E-state index contributed by atoms with van der Waals surface area (Å²) in [6.07, 6.45) is 9.55. The predicted octanol–water partition coefficient (Wildman–Crippen LogP) is 2.73. The fraction of sp³-hybridized carbons (Fsp3) is 0.650. The Labute approximate surface area is 149 Å². The maximum absolute atomic E-state index is 13.3. The first-order chi connectivity index (χ1) is 11.9. The molecule has 1 aromatic heterocycles. The van der Waals surface area contributed by atoms with Crippen LogP contribution in [0, 0.1) is 17.3 Å². The molecule has 4 aliphatic rings. The molecule has 0 radical (unpaired) electrons. The highest BCUT2D eigenvalue weighted by atomic mass is 16.2. The first-order valence-corrected chi connectivity index (χ1v) is 9.39. The van der Waals surface area contributed by atoms with Crippen LogP contribution in [0.5, 0.6) is 0 Å². The third-order valence-corrected chi connectivity index (χ3v) is 6.54. The number of hydrogen-bond donors (Lipinski definition) is 2. The van der Waals surface area contributed by atoms with Crippen molar-refractivity contribution in [1.29, 1.82) is 0 Å². The molecule has 0 aliphatic heterocycles. The minimum absolute atomic E-state index is 0.0276. The summed E-state index contributed by atoms with van der Waals surface area (Å²) in [5.74, 6) is 1.33. The van der Waals surface area contributed by atoms with E-state index in [2.05, 4.69) is 15.6 Å². The predicted molar refractivity (Wildman–Crippen MR) is 94.5 cm³/mol. The van der Waals surface area contributed by atoms with Crippen LogP contribution in [0.15, 0.2) is 24.5 Å². The molecule has 0 spiro atoms. The molecule has 1 heterocycles. The summed E-state index contributed by atoms with van der Waals surface area (Å²) in [7, 11) is 0. The van der Waals surface area contributed by atoms with Gasteiger partial charge in [-0.3, -0.25) is 14.6 Å². The number of carbonyl (C=O) groups is 2. The van der Waals surface area contributed by atoms with Crippen LogP contribution in [0.4, 0.5) is 0 Å². The first-order valence-electron chi connectivity index (χ1n) is 9.39. The number of pyridine rings is 1. The second-order valence-electron chi connectivity index (χ2n) is 8.68. The van der Waals surface area contributed by atoms with Crippen molar-refractivity contribution < 1.29 is 9.59 Å². The van der Waals surface area contributed by atoms with Crippen LogP contribution in [0.2, 0.25) is 0 Å². The highest BCUT2D eigenvalue weighted by molar-refractivity contribution is 5.84. The standard InChI is InChI=1S/C20H27N3O2/c1-13(17-3-5-21-6-4-17)22-18(25)19-8-15-7-16(9-19)11-20(10-15,12-19)23-14(2)24/h3-6,13,15-16H,7-12H2,1-2H3,(H,22,25)(H,23,24)/t13-,15-,16+,19?,20?/m1/s1. The number of nitrogens with one attached hydrogen (secondary N) is 2. The Morgan fingerprint density at radius 1 is 1.16 bits per heavy atom. The normalized spacial score (nSPS) is 36.7. The van der Waals surface area contributed by atoms with Crippen LogP contribution < -0.4 is 10.6 Å². The third-order valence-electron chi connectivity index (χ3n) is 6.54. The Balaban J connectivity index is 1.55. The van der Waals surface area contributed by atoms with Crippen LogP contribution >= 0.6 is 0 Å². The lowest BCUT2D eigenvalue weighted by Crippen LogP contribution is -2.65. The number of nitrogens with zero attached hydrogens (tertiary/aromatic N) is 1. The Morgan fingerprint density at radius 3 is 2.40 bits per heavy atom. The lowest BCUT2D eigenvalue weighted by molar-refractivity contribution is -0.153. The summed E-state index contributed by atoms with van der Waals surface area (Å²) < 4.78 is 0. The van der Waals surface area contributed by atoms with Gasteiger partial charge in [-0.2, -0.15) is 0 Å². The van der Waals surface area contributed by atoms with Gasteiger partial charge in [-0.05, 0) is 75.0 Å². The Morgan fingerprint density at radius 2 is 1.80 bits per heavy atom. The highest BCUT2D eigenvalue weighted by Crippen LogP contribution is 2.61. The molecule has 0 saturated heterocycles. The van der Waals surface area contributed by atoms with E-state index in [9.17, 15) is 9.59 Å². The largest absolute Gasteiger partial charge is 0.351 e. The van der Waals surface area contributed by atoms with E-state index in [0.29, 0.717) is 11.8 Å². The van der Waals surface area contributed by atoms with E-state index in [-0.39, 0.29) is 28.8 Å². The van der Waals surface area contributed by atoms with Gasteiger partial charge in [0, 0.05) is 24.9 Å². The van der Waals surface area contributed by atoms with Crippen molar-refractivity contribution in [3.8, 4) is 0 Å². The van der Waals surface area contributed by atoms with Gasteiger partial charge in [-0.25, -0.2) is 0 Å². The Hall–Kier alpha value is -1.91. The number of rotatable bonds is 4. The van der Waals surface area contributed by atoms with E-state index >= 15 is 0 Å². The molecule has 1 aromatic rings. The van der Waals surface area contributed by atoms with E-state index in [1.165, 1.54) is 6.42 Å². The molecule has 4 aliphatic carbocycles. The van der Waals surface area contributed by atoms with Crippen LogP contribution in [-0.4, -0.2) is 22.3 Å². The number of hydrogen-bond acceptors (Lipinski definition) is 3. The van der Waals surface area contributed by atoms with Crippen LogP contribution in [-0.2, 0) is 9.59 Å². The molecule has 5 heteroatoms. The minimum atomic E-state index is -0.312. The third kappa shape index (κ3) is 2.94. The van der Waals surface area contributed by atoms with E-state index in [0.717, 1.165) is 37.7 Å². The highest BCUT2D eigenvalue weighted by Gasteiger charge is 2.60. The summed E-state index contributed by atoms with van der Waals surface area (Å²) in [5.41, 5.74) is 0.603. The molecule has 2 unspecified atom stereocenters. The van der Waals surface area contributed by atoms with E-state index in [1.54, 1.807) is 19.3 Å². The van der Waals surface area contributed by atoms with Gasteiger partial charge >= 0.3 is 0 Å². The zero-order chi connectivity index (χ0) is 17.7. The van der Waals surface area contributed by atoms with Crippen LogP contribution in [0.25, 0.3) is 0 Å². The smallest absolute Gasteiger partial charge is 0.226 e. The summed E-state index contributed by atoms with van der Waals surface area (Å²) >= 11 is 0. The summed E-state index contributed by atoms with van der Waals surface area (Å²) in [6.45, 7) is 3.62. The minimum Gasteiger partial charge on any atom is -0.351 e. The topological polar surface area (TPSA) is 71.1 Å². The van der Waals surface area contributed by atoms with Crippen molar-refractivity contribution in [1.82, 2.24) is 15.6 Å². The zero-order valence-electron chi connectivity index (χ0n) is 15.0. The molecule has 2 N–H and O–H groups in total. The lowest BCUT2D eigenvalue weighted by atomic mass is 9.46. The fourth-order valence-electron chi connectivity index (χ4n) is 6.13. The summed E-state index contributed by atoms with van der Waals surface area (Å²) in [4.78, 5) is 29.1. The molecule has 134 valence electrons. The Bertz CT molecular complexity index is 673.